The van der Waals surface area contributed by atoms with Gasteiger partial charge in [-0.05, 0) is 42.5 Å². The summed E-state index contributed by atoms with van der Waals surface area (Å²) in [6.07, 6.45) is 1.57. The molecule has 2 aromatic carbocycles. The second kappa shape index (κ2) is 7.31. The molecule has 1 fully saturated rings. The molecule has 0 saturated carbocycles. The van der Waals surface area contributed by atoms with Crippen molar-refractivity contribution in [2.45, 2.75) is 6.54 Å². The van der Waals surface area contributed by atoms with Gasteiger partial charge in [-0.2, -0.15) is 0 Å². The molecule has 1 aliphatic heterocycles. The lowest BCUT2D eigenvalue weighted by atomic mass is 10.1. The molecule has 134 valence electrons. The van der Waals surface area contributed by atoms with Crippen LogP contribution >= 0.6 is 23.2 Å². The Hall–Kier alpha value is -2.01. The predicted molar refractivity (Wildman–Crippen MR) is 106 cm³/mol. The molecule has 1 saturated heterocycles. The third-order valence-corrected chi connectivity index (χ3v) is 5.25. The molecule has 3 aromatic rings. The third-order valence-electron chi connectivity index (χ3n) is 4.76. The Bertz CT molecular complexity index is 977. The van der Waals surface area contributed by atoms with Crippen LogP contribution in [0.1, 0.15) is 5.56 Å². The van der Waals surface area contributed by atoms with Gasteiger partial charge in [0.15, 0.2) is 5.43 Å². The minimum atomic E-state index is -0.00567. The lowest BCUT2D eigenvalue weighted by molar-refractivity contribution is 0.247. The first-order valence-electron chi connectivity index (χ1n) is 8.53. The Morgan fingerprint density at radius 2 is 1.62 bits per heavy atom. The zero-order valence-electron chi connectivity index (χ0n) is 14.1. The van der Waals surface area contributed by atoms with Crippen molar-refractivity contribution in [1.82, 2.24) is 4.90 Å². The fourth-order valence-electron chi connectivity index (χ4n) is 3.31. The Morgan fingerprint density at radius 3 is 2.35 bits per heavy atom. The molecule has 0 amide bonds. The lowest BCUT2D eigenvalue weighted by Crippen LogP contribution is -2.46. The van der Waals surface area contributed by atoms with Gasteiger partial charge in [-0.1, -0.05) is 23.2 Å². The maximum atomic E-state index is 12.7. The minimum Gasteiger partial charge on any atom is -0.464 e. The van der Waals surface area contributed by atoms with E-state index in [-0.39, 0.29) is 5.43 Å². The Labute approximate surface area is 161 Å². The molecule has 0 spiro atoms. The van der Waals surface area contributed by atoms with E-state index in [9.17, 15) is 4.79 Å². The first kappa shape index (κ1) is 17.4. The maximum absolute atomic E-state index is 12.7. The molecule has 4 nitrogen and oxygen atoms in total. The topological polar surface area (TPSA) is 36.7 Å². The highest BCUT2D eigenvalue weighted by molar-refractivity contribution is 6.31. The first-order valence-corrected chi connectivity index (χ1v) is 9.28. The Kier molecular flexibility index (Phi) is 4.90. The standard InChI is InChI=1S/C20H18Cl2N2O2/c21-15-1-4-17(5-2-15)24-9-7-23(8-10-24)12-14-13-26-19-6-3-16(22)11-18(19)20(14)25/h1-6,11,13H,7-10,12H2. The van der Waals surface area contributed by atoms with Crippen molar-refractivity contribution >= 4 is 39.9 Å². The van der Waals surface area contributed by atoms with Crippen molar-refractivity contribution in [1.29, 1.82) is 0 Å². The van der Waals surface area contributed by atoms with E-state index in [1.54, 1.807) is 24.5 Å². The SMILES string of the molecule is O=c1c(CN2CCN(c3ccc(Cl)cc3)CC2)coc2ccc(Cl)cc12. The number of fused-ring (bicyclic) bond motifs is 1. The molecule has 0 unspecified atom stereocenters. The highest BCUT2D eigenvalue weighted by Gasteiger charge is 2.19. The van der Waals surface area contributed by atoms with Gasteiger partial charge in [0, 0.05) is 54.0 Å². The fraction of sp³-hybridized carbons (Fsp3) is 0.250. The van der Waals surface area contributed by atoms with Crippen molar-refractivity contribution in [2.75, 3.05) is 31.1 Å². The zero-order chi connectivity index (χ0) is 18.1. The van der Waals surface area contributed by atoms with E-state index in [0.29, 0.717) is 28.1 Å². The molecule has 0 aliphatic carbocycles. The molecule has 2 heterocycles. The summed E-state index contributed by atoms with van der Waals surface area (Å²) >= 11 is 12.0. The number of nitrogens with zero attached hydrogens (tertiary/aromatic N) is 2. The highest BCUT2D eigenvalue weighted by Crippen LogP contribution is 2.21. The van der Waals surface area contributed by atoms with Crippen LogP contribution in [0.15, 0.2) is 57.9 Å². The highest BCUT2D eigenvalue weighted by atomic mass is 35.5. The average Bonchev–Trinajstić information content (AvgIpc) is 2.66. The summed E-state index contributed by atoms with van der Waals surface area (Å²) in [6, 6.07) is 13.0. The quantitative estimate of drug-likeness (QED) is 0.665. The summed E-state index contributed by atoms with van der Waals surface area (Å²) in [4.78, 5) is 17.3. The van der Waals surface area contributed by atoms with E-state index in [0.717, 1.165) is 31.2 Å². The monoisotopic (exact) mass is 388 g/mol. The van der Waals surface area contributed by atoms with E-state index < -0.39 is 0 Å². The van der Waals surface area contributed by atoms with Gasteiger partial charge in [-0.3, -0.25) is 9.69 Å². The van der Waals surface area contributed by atoms with E-state index in [4.69, 9.17) is 27.6 Å². The predicted octanol–water partition coefficient (Wildman–Crippen LogP) is 4.42. The van der Waals surface area contributed by atoms with Crippen LogP contribution in [0, 0.1) is 0 Å². The molecule has 0 bridgehead atoms. The molecular weight excluding hydrogens is 371 g/mol. The van der Waals surface area contributed by atoms with Crippen LogP contribution in [0.4, 0.5) is 5.69 Å². The normalized spacial score (nSPS) is 15.5. The van der Waals surface area contributed by atoms with Gasteiger partial charge >= 0.3 is 0 Å². The van der Waals surface area contributed by atoms with Crippen LogP contribution in [0.5, 0.6) is 0 Å². The molecular formula is C20H18Cl2N2O2. The summed E-state index contributed by atoms with van der Waals surface area (Å²) in [5.41, 5.74) is 2.40. The second-order valence-electron chi connectivity index (χ2n) is 6.47. The smallest absolute Gasteiger partial charge is 0.197 e. The third kappa shape index (κ3) is 3.58. The van der Waals surface area contributed by atoms with Crippen LogP contribution < -0.4 is 10.3 Å². The molecule has 1 aromatic heterocycles. The number of benzene rings is 2. The van der Waals surface area contributed by atoms with E-state index in [1.807, 2.05) is 24.3 Å². The van der Waals surface area contributed by atoms with Crippen LogP contribution in [-0.4, -0.2) is 31.1 Å². The molecule has 6 heteroatoms. The molecule has 4 rings (SSSR count). The number of hydrogen-bond donors (Lipinski definition) is 0. The molecule has 26 heavy (non-hydrogen) atoms. The van der Waals surface area contributed by atoms with Crippen molar-refractivity contribution in [2.24, 2.45) is 0 Å². The van der Waals surface area contributed by atoms with Gasteiger partial charge in [0.1, 0.15) is 5.58 Å². The van der Waals surface area contributed by atoms with Gasteiger partial charge in [0.25, 0.3) is 0 Å². The number of hydrogen-bond acceptors (Lipinski definition) is 4. The van der Waals surface area contributed by atoms with Crippen LogP contribution in [0.3, 0.4) is 0 Å². The number of halogens is 2. The van der Waals surface area contributed by atoms with E-state index in [1.165, 1.54) is 5.69 Å². The van der Waals surface area contributed by atoms with E-state index in [2.05, 4.69) is 9.80 Å². The molecule has 0 atom stereocenters. The maximum Gasteiger partial charge on any atom is 0.197 e. The van der Waals surface area contributed by atoms with Crippen LogP contribution in [0.2, 0.25) is 10.0 Å². The van der Waals surface area contributed by atoms with E-state index >= 15 is 0 Å². The van der Waals surface area contributed by atoms with Crippen molar-refractivity contribution in [3.05, 3.63) is 74.6 Å². The van der Waals surface area contributed by atoms with Crippen LogP contribution in [-0.2, 0) is 6.54 Å². The van der Waals surface area contributed by atoms with Crippen molar-refractivity contribution in [3.63, 3.8) is 0 Å². The van der Waals surface area contributed by atoms with Crippen molar-refractivity contribution in [3.8, 4) is 0 Å². The summed E-state index contributed by atoms with van der Waals surface area (Å²) in [7, 11) is 0. The van der Waals surface area contributed by atoms with Gasteiger partial charge < -0.3 is 9.32 Å². The lowest BCUT2D eigenvalue weighted by Gasteiger charge is -2.36. The minimum absolute atomic E-state index is 0.00567. The fourth-order valence-corrected chi connectivity index (χ4v) is 3.61. The second-order valence-corrected chi connectivity index (χ2v) is 7.34. The Morgan fingerprint density at radius 1 is 0.923 bits per heavy atom. The molecule has 0 radical (unpaired) electrons. The van der Waals surface area contributed by atoms with Gasteiger partial charge in [0.05, 0.1) is 11.6 Å². The molecule has 1 aliphatic rings. The summed E-state index contributed by atoms with van der Waals surface area (Å²) in [6.45, 7) is 4.17. The summed E-state index contributed by atoms with van der Waals surface area (Å²) in [5, 5.41) is 1.82. The summed E-state index contributed by atoms with van der Waals surface area (Å²) in [5.74, 6) is 0. The van der Waals surface area contributed by atoms with Crippen molar-refractivity contribution < 1.29 is 4.42 Å². The number of anilines is 1. The largest absolute Gasteiger partial charge is 0.464 e. The van der Waals surface area contributed by atoms with Gasteiger partial charge in [-0.15, -0.1) is 0 Å². The van der Waals surface area contributed by atoms with Gasteiger partial charge in [0.2, 0.25) is 0 Å². The number of rotatable bonds is 3. The average molecular weight is 389 g/mol. The van der Waals surface area contributed by atoms with Crippen LogP contribution in [0.25, 0.3) is 11.0 Å². The number of piperazine rings is 1. The summed E-state index contributed by atoms with van der Waals surface area (Å²) < 4.78 is 5.61. The molecule has 0 N–H and O–H groups in total. The Balaban J connectivity index is 1.46. The first-order chi connectivity index (χ1) is 12.6. The van der Waals surface area contributed by atoms with Gasteiger partial charge in [-0.25, -0.2) is 0 Å². The zero-order valence-corrected chi connectivity index (χ0v) is 15.6.